The molecule has 18 heavy (non-hydrogen) atoms. The molecule has 0 unspecified atom stereocenters. The lowest BCUT2D eigenvalue weighted by Crippen LogP contribution is -1.86. The molecule has 4 aromatic rings. The first-order chi connectivity index (χ1) is 8.75. The van der Waals surface area contributed by atoms with Crippen LogP contribution in [0.15, 0.2) is 48.5 Å². The topological polar surface area (TPSA) is 20.2 Å². The van der Waals surface area contributed by atoms with Crippen molar-refractivity contribution in [1.29, 1.82) is 0 Å². The van der Waals surface area contributed by atoms with Gasteiger partial charge in [0, 0.05) is 10.8 Å². The van der Waals surface area contributed by atoms with Crippen molar-refractivity contribution in [2.75, 3.05) is 0 Å². The Morgan fingerprint density at radius 1 is 0.778 bits per heavy atom. The Bertz CT molecular complexity index is 875. The molecule has 86 valence electrons. The molecule has 0 atom stereocenters. The van der Waals surface area contributed by atoms with Gasteiger partial charge in [0.05, 0.1) is 0 Å². The summed E-state index contributed by atoms with van der Waals surface area (Å²) in [5, 5.41) is 17.2. The number of hydrogen-bond donors (Lipinski definition) is 1. The van der Waals surface area contributed by atoms with Crippen LogP contribution in [0.3, 0.4) is 0 Å². The number of aromatic hydroxyl groups is 1. The monoisotopic (exact) mass is 232 g/mol. The average Bonchev–Trinajstić information content (AvgIpc) is 2.40. The van der Waals surface area contributed by atoms with Gasteiger partial charge in [0.15, 0.2) is 0 Å². The van der Waals surface area contributed by atoms with E-state index < -0.39 is 0 Å². The maximum atomic E-state index is 10.2. The van der Waals surface area contributed by atoms with Gasteiger partial charge in [0.25, 0.3) is 0 Å². The molecule has 4 aromatic carbocycles. The number of rotatable bonds is 0. The number of phenols is 1. The summed E-state index contributed by atoms with van der Waals surface area (Å²) in [5.74, 6) is 0.370. The van der Waals surface area contributed by atoms with Crippen LogP contribution in [0.2, 0.25) is 0 Å². The predicted molar refractivity (Wildman–Crippen MR) is 76.5 cm³/mol. The van der Waals surface area contributed by atoms with Gasteiger partial charge in [-0.25, -0.2) is 0 Å². The molecule has 0 aliphatic rings. The summed E-state index contributed by atoms with van der Waals surface area (Å²) in [6.07, 6.45) is 0. The van der Waals surface area contributed by atoms with Crippen molar-refractivity contribution in [2.24, 2.45) is 0 Å². The largest absolute Gasteiger partial charge is 0.507 e. The first kappa shape index (κ1) is 9.72. The standard InChI is InChI=1S/C17H12O/c1-10-5-6-12-8-7-11-3-2-4-13-15(18)9-14(10)17(12)16(11)13/h2-9,18H,1H3. The van der Waals surface area contributed by atoms with Gasteiger partial charge in [-0.1, -0.05) is 42.5 Å². The van der Waals surface area contributed by atoms with E-state index in [1.165, 1.54) is 27.1 Å². The van der Waals surface area contributed by atoms with Gasteiger partial charge in [-0.05, 0) is 40.1 Å². The Morgan fingerprint density at radius 2 is 1.44 bits per heavy atom. The summed E-state index contributed by atoms with van der Waals surface area (Å²) in [4.78, 5) is 0. The Hall–Kier alpha value is -2.28. The van der Waals surface area contributed by atoms with E-state index in [1.807, 2.05) is 18.2 Å². The summed E-state index contributed by atoms with van der Waals surface area (Å²) in [6.45, 7) is 2.09. The zero-order valence-corrected chi connectivity index (χ0v) is 10.1. The Balaban J connectivity index is 2.49. The molecule has 1 nitrogen and oxygen atoms in total. The molecule has 0 aromatic heterocycles. The smallest absolute Gasteiger partial charge is 0.124 e. The predicted octanol–water partition coefficient (Wildman–Crippen LogP) is 4.60. The zero-order chi connectivity index (χ0) is 12.3. The number of hydrogen-bond acceptors (Lipinski definition) is 1. The summed E-state index contributed by atoms with van der Waals surface area (Å²) in [5.41, 5.74) is 1.20. The van der Waals surface area contributed by atoms with Crippen LogP contribution in [0, 0.1) is 6.92 Å². The van der Waals surface area contributed by atoms with Gasteiger partial charge in [0.1, 0.15) is 5.75 Å². The van der Waals surface area contributed by atoms with Crippen LogP contribution >= 0.6 is 0 Å². The first-order valence-electron chi connectivity index (χ1n) is 6.12. The van der Waals surface area contributed by atoms with Gasteiger partial charge in [-0.2, -0.15) is 0 Å². The molecule has 4 rings (SSSR count). The van der Waals surface area contributed by atoms with Gasteiger partial charge in [0.2, 0.25) is 0 Å². The molecule has 0 heterocycles. The number of aryl methyl sites for hydroxylation is 1. The van der Waals surface area contributed by atoms with Crippen molar-refractivity contribution in [1.82, 2.24) is 0 Å². The molecule has 0 fully saturated rings. The van der Waals surface area contributed by atoms with E-state index in [1.54, 1.807) is 0 Å². The second-order valence-corrected chi connectivity index (χ2v) is 4.89. The average molecular weight is 232 g/mol. The van der Waals surface area contributed by atoms with Crippen molar-refractivity contribution < 1.29 is 5.11 Å². The molecular weight excluding hydrogens is 220 g/mol. The second-order valence-electron chi connectivity index (χ2n) is 4.89. The summed E-state index contributed by atoms with van der Waals surface area (Å²) < 4.78 is 0. The molecule has 0 spiro atoms. The minimum atomic E-state index is 0.370. The van der Waals surface area contributed by atoms with E-state index in [2.05, 4.69) is 37.3 Å². The van der Waals surface area contributed by atoms with Crippen LogP contribution in [0.25, 0.3) is 32.3 Å². The molecular formula is C17H12O. The normalized spacial score (nSPS) is 11.8. The number of benzene rings is 4. The third-order valence-corrected chi connectivity index (χ3v) is 3.84. The summed E-state index contributed by atoms with van der Waals surface area (Å²) >= 11 is 0. The highest BCUT2D eigenvalue weighted by Gasteiger charge is 2.11. The first-order valence-corrected chi connectivity index (χ1v) is 6.12. The minimum Gasteiger partial charge on any atom is -0.507 e. The molecule has 0 aliphatic heterocycles. The van der Waals surface area contributed by atoms with Crippen molar-refractivity contribution in [3.8, 4) is 5.75 Å². The van der Waals surface area contributed by atoms with Crippen LogP contribution in [-0.4, -0.2) is 5.11 Å². The molecule has 0 saturated carbocycles. The van der Waals surface area contributed by atoms with Crippen molar-refractivity contribution in [3.05, 3.63) is 54.1 Å². The molecule has 1 heteroatoms. The van der Waals surface area contributed by atoms with Crippen LogP contribution in [0.1, 0.15) is 5.56 Å². The molecule has 0 bridgehead atoms. The Kier molecular flexibility index (Phi) is 1.69. The fraction of sp³-hybridized carbons (Fsp3) is 0.0588. The van der Waals surface area contributed by atoms with Gasteiger partial charge in [-0.3, -0.25) is 0 Å². The SMILES string of the molecule is Cc1ccc2ccc3cccc4c(O)cc1c2c34. The van der Waals surface area contributed by atoms with E-state index in [0.717, 1.165) is 10.8 Å². The van der Waals surface area contributed by atoms with Gasteiger partial charge in [-0.15, -0.1) is 0 Å². The summed E-state index contributed by atoms with van der Waals surface area (Å²) in [6, 6.07) is 16.5. The van der Waals surface area contributed by atoms with Crippen LogP contribution < -0.4 is 0 Å². The highest BCUT2D eigenvalue weighted by Crippen LogP contribution is 2.39. The van der Waals surface area contributed by atoms with E-state index in [4.69, 9.17) is 0 Å². The van der Waals surface area contributed by atoms with E-state index >= 15 is 0 Å². The van der Waals surface area contributed by atoms with E-state index in [0.29, 0.717) is 5.75 Å². The third-order valence-electron chi connectivity index (χ3n) is 3.84. The molecule has 1 N–H and O–H groups in total. The summed E-state index contributed by atoms with van der Waals surface area (Å²) in [7, 11) is 0. The maximum absolute atomic E-state index is 10.2. The Morgan fingerprint density at radius 3 is 2.28 bits per heavy atom. The van der Waals surface area contributed by atoms with Crippen molar-refractivity contribution in [2.45, 2.75) is 6.92 Å². The van der Waals surface area contributed by atoms with Crippen LogP contribution in [0.4, 0.5) is 0 Å². The fourth-order valence-corrected chi connectivity index (χ4v) is 2.94. The quantitative estimate of drug-likeness (QED) is 0.439. The van der Waals surface area contributed by atoms with Crippen molar-refractivity contribution >= 4 is 32.3 Å². The third kappa shape index (κ3) is 1.06. The lowest BCUT2D eigenvalue weighted by molar-refractivity contribution is 0.482. The number of phenolic OH excluding ortho intramolecular Hbond substituents is 1. The van der Waals surface area contributed by atoms with E-state index in [9.17, 15) is 5.11 Å². The molecule has 0 saturated heterocycles. The Labute approximate surface area is 105 Å². The van der Waals surface area contributed by atoms with Crippen LogP contribution in [0.5, 0.6) is 5.75 Å². The lowest BCUT2D eigenvalue weighted by Gasteiger charge is -2.13. The zero-order valence-electron chi connectivity index (χ0n) is 10.1. The van der Waals surface area contributed by atoms with Gasteiger partial charge < -0.3 is 5.11 Å². The maximum Gasteiger partial charge on any atom is 0.124 e. The molecule has 0 amide bonds. The lowest BCUT2D eigenvalue weighted by atomic mass is 9.92. The fourth-order valence-electron chi connectivity index (χ4n) is 2.94. The second kappa shape index (κ2) is 3.14. The van der Waals surface area contributed by atoms with Crippen molar-refractivity contribution in [3.63, 3.8) is 0 Å². The highest BCUT2D eigenvalue weighted by molar-refractivity contribution is 6.24. The molecule has 0 aliphatic carbocycles. The van der Waals surface area contributed by atoms with E-state index in [-0.39, 0.29) is 0 Å². The molecule has 0 radical (unpaired) electrons. The van der Waals surface area contributed by atoms with Crippen LogP contribution in [-0.2, 0) is 0 Å². The minimum absolute atomic E-state index is 0.370. The van der Waals surface area contributed by atoms with Gasteiger partial charge >= 0.3 is 0 Å². The highest BCUT2D eigenvalue weighted by atomic mass is 16.3.